The zero-order valence-electron chi connectivity index (χ0n) is 15.5. The second-order valence-corrected chi connectivity index (χ2v) is 6.89. The Hall–Kier alpha value is -2.50. The number of nitrogens with one attached hydrogen (secondary N) is 2. The van der Waals surface area contributed by atoms with Crippen molar-refractivity contribution >= 4 is 11.7 Å². The van der Waals surface area contributed by atoms with Crippen LogP contribution in [0.2, 0.25) is 0 Å². The fourth-order valence-electron chi connectivity index (χ4n) is 3.35. The predicted octanol–water partition coefficient (Wildman–Crippen LogP) is 1.42. The zero-order chi connectivity index (χ0) is 18.9. The van der Waals surface area contributed by atoms with Gasteiger partial charge in [0.25, 0.3) is 0 Å². The third-order valence-electron chi connectivity index (χ3n) is 4.90. The van der Waals surface area contributed by atoms with E-state index in [0.29, 0.717) is 5.56 Å². The molecule has 1 aliphatic rings. The molecular formula is C22H27N2O3+. The average Bonchev–Trinajstić information content (AvgIpc) is 2.73. The summed E-state index contributed by atoms with van der Waals surface area (Å²) in [6.07, 6.45) is 0.428. The van der Waals surface area contributed by atoms with E-state index in [2.05, 4.69) is 5.32 Å². The van der Waals surface area contributed by atoms with Crippen LogP contribution in [0.3, 0.4) is 0 Å². The Labute approximate surface area is 160 Å². The first kappa shape index (κ1) is 19.3. The highest BCUT2D eigenvalue weighted by atomic mass is 16.5. The number of carbonyl (C=O) groups is 2. The van der Waals surface area contributed by atoms with Gasteiger partial charge in [0.1, 0.15) is 25.7 Å². The van der Waals surface area contributed by atoms with Crippen LogP contribution in [0.15, 0.2) is 60.7 Å². The Kier molecular flexibility index (Phi) is 7.13. The van der Waals surface area contributed by atoms with Gasteiger partial charge < -0.3 is 15.0 Å². The topological polar surface area (TPSA) is 59.8 Å². The summed E-state index contributed by atoms with van der Waals surface area (Å²) in [5, 5.41) is 3.13. The summed E-state index contributed by atoms with van der Waals surface area (Å²) in [5.41, 5.74) is 1.75. The summed E-state index contributed by atoms with van der Waals surface area (Å²) >= 11 is 0. The van der Waals surface area contributed by atoms with E-state index >= 15 is 0 Å². The minimum Gasteiger partial charge on any atom is -0.370 e. The molecule has 0 unspecified atom stereocenters. The van der Waals surface area contributed by atoms with E-state index in [0.717, 1.165) is 38.4 Å². The Morgan fingerprint density at radius 3 is 2.22 bits per heavy atom. The van der Waals surface area contributed by atoms with Gasteiger partial charge in [-0.15, -0.1) is 0 Å². The zero-order valence-corrected chi connectivity index (χ0v) is 15.5. The number of benzene rings is 2. The molecule has 0 aliphatic carbocycles. The molecule has 0 spiro atoms. The number of hydrogen-bond donors (Lipinski definition) is 2. The Balaban J connectivity index is 1.57. The number of carbonyl (C=O) groups excluding carboxylic acids is 2. The molecule has 0 aromatic heterocycles. The molecule has 1 heterocycles. The van der Waals surface area contributed by atoms with Gasteiger partial charge in [0.05, 0.1) is 13.2 Å². The molecule has 1 fully saturated rings. The van der Waals surface area contributed by atoms with Gasteiger partial charge in [0, 0.05) is 18.4 Å². The van der Waals surface area contributed by atoms with Crippen molar-refractivity contribution in [1.29, 1.82) is 0 Å². The van der Waals surface area contributed by atoms with Crippen LogP contribution < -0.4 is 10.2 Å². The van der Waals surface area contributed by atoms with Crippen molar-refractivity contribution in [2.45, 2.75) is 18.9 Å². The van der Waals surface area contributed by atoms with E-state index in [1.165, 1.54) is 4.90 Å². The summed E-state index contributed by atoms with van der Waals surface area (Å²) in [4.78, 5) is 26.2. The minimum atomic E-state index is -0.0826. The second-order valence-electron chi connectivity index (χ2n) is 6.89. The molecule has 5 nitrogen and oxygen atoms in total. The van der Waals surface area contributed by atoms with E-state index in [4.69, 9.17) is 4.74 Å². The highest BCUT2D eigenvalue weighted by Gasteiger charge is 2.23. The molecule has 0 radical (unpaired) electrons. The quantitative estimate of drug-likeness (QED) is 0.694. The third kappa shape index (κ3) is 6.01. The summed E-state index contributed by atoms with van der Waals surface area (Å²) in [7, 11) is 0. The highest BCUT2D eigenvalue weighted by molar-refractivity contribution is 5.97. The maximum Gasteiger partial charge on any atom is 0.221 e. The van der Waals surface area contributed by atoms with Crippen molar-refractivity contribution in [1.82, 2.24) is 5.32 Å². The molecule has 2 aromatic carbocycles. The molecule has 5 heteroatoms. The molecule has 1 saturated heterocycles. The summed E-state index contributed by atoms with van der Waals surface area (Å²) in [5.74, 6) is -0.0818. The predicted molar refractivity (Wildman–Crippen MR) is 104 cm³/mol. The van der Waals surface area contributed by atoms with Gasteiger partial charge in [0.2, 0.25) is 5.91 Å². The molecule has 1 aliphatic heterocycles. The SMILES string of the molecule is O=C(CCC(=O)c1ccccc1)N[C@@H](C[NH+]1CCOCC1)c1ccccc1. The van der Waals surface area contributed by atoms with Gasteiger partial charge in [-0.25, -0.2) is 0 Å². The fourth-order valence-corrected chi connectivity index (χ4v) is 3.35. The van der Waals surface area contributed by atoms with Crippen molar-refractivity contribution in [3.8, 4) is 0 Å². The van der Waals surface area contributed by atoms with Gasteiger partial charge in [0.15, 0.2) is 5.78 Å². The van der Waals surface area contributed by atoms with E-state index in [1.807, 2.05) is 48.5 Å². The standard InChI is InChI=1S/C22H26N2O3/c25-21(19-9-5-2-6-10-19)11-12-22(26)23-20(18-7-3-1-4-8-18)17-24-13-15-27-16-14-24/h1-10,20H,11-17H2,(H,23,26)/p+1/t20-/m0/s1. The van der Waals surface area contributed by atoms with Crippen molar-refractivity contribution in [3.05, 3.63) is 71.8 Å². The molecule has 27 heavy (non-hydrogen) atoms. The van der Waals surface area contributed by atoms with Crippen LogP contribution in [-0.2, 0) is 9.53 Å². The van der Waals surface area contributed by atoms with E-state index in [-0.39, 0.29) is 30.6 Å². The van der Waals surface area contributed by atoms with Gasteiger partial charge in [-0.3, -0.25) is 9.59 Å². The van der Waals surface area contributed by atoms with Crippen LogP contribution in [0.1, 0.15) is 34.8 Å². The summed E-state index contributed by atoms with van der Waals surface area (Å²) in [6, 6.07) is 19.1. The number of ether oxygens (including phenoxy) is 1. The van der Waals surface area contributed by atoms with E-state index in [1.54, 1.807) is 12.1 Å². The largest absolute Gasteiger partial charge is 0.370 e. The molecule has 3 rings (SSSR count). The van der Waals surface area contributed by atoms with Crippen LogP contribution in [0.25, 0.3) is 0 Å². The first-order valence-electron chi connectivity index (χ1n) is 9.56. The van der Waals surface area contributed by atoms with Crippen molar-refractivity contribution < 1.29 is 19.2 Å². The van der Waals surface area contributed by atoms with E-state index in [9.17, 15) is 9.59 Å². The number of ketones is 1. The van der Waals surface area contributed by atoms with Crippen LogP contribution >= 0.6 is 0 Å². The minimum absolute atomic E-state index is 0.000755. The molecule has 1 atom stereocenters. The second kappa shape index (κ2) is 10.00. The maximum absolute atomic E-state index is 12.5. The molecule has 2 aromatic rings. The van der Waals surface area contributed by atoms with Gasteiger partial charge in [-0.2, -0.15) is 0 Å². The summed E-state index contributed by atoms with van der Waals surface area (Å²) in [6.45, 7) is 4.25. The van der Waals surface area contributed by atoms with Crippen LogP contribution in [-0.4, -0.2) is 44.5 Å². The van der Waals surface area contributed by atoms with Crippen LogP contribution in [0.4, 0.5) is 0 Å². The smallest absolute Gasteiger partial charge is 0.221 e. The van der Waals surface area contributed by atoms with Crippen molar-refractivity contribution in [3.63, 3.8) is 0 Å². The van der Waals surface area contributed by atoms with Gasteiger partial charge >= 0.3 is 0 Å². The number of quaternary nitrogens is 1. The monoisotopic (exact) mass is 367 g/mol. The van der Waals surface area contributed by atoms with Crippen molar-refractivity contribution in [2.24, 2.45) is 0 Å². The Morgan fingerprint density at radius 1 is 0.926 bits per heavy atom. The van der Waals surface area contributed by atoms with E-state index < -0.39 is 0 Å². The Bertz CT molecular complexity index is 728. The lowest BCUT2D eigenvalue weighted by molar-refractivity contribution is -0.909. The maximum atomic E-state index is 12.5. The fraction of sp³-hybridized carbons (Fsp3) is 0.364. The van der Waals surface area contributed by atoms with Crippen molar-refractivity contribution in [2.75, 3.05) is 32.8 Å². The summed E-state index contributed by atoms with van der Waals surface area (Å²) < 4.78 is 5.43. The average molecular weight is 367 g/mol. The van der Waals surface area contributed by atoms with Crippen LogP contribution in [0, 0.1) is 0 Å². The third-order valence-corrected chi connectivity index (χ3v) is 4.90. The molecule has 142 valence electrons. The number of hydrogen-bond acceptors (Lipinski definition) is 3. The molecule has 0 saturated carbocycles. The number of Topliss-reactive ketones (excluding diaryl/α,β-unsaturated/α-hetero) is 1. The molecular weight excluding hydrogens is 340 g/mol. The molecule has 0 bridgehead atoms. The van der Waals surface area contributed by atoms with Gasteiger partial charge in [-0.05, 0) is 5.56 Å². The lowest BCUT2D eigenvalue weighted by Crippen LogP contribution is -3.14. The van der Waals surface area contributed by atoms with Crippen LogP contribution in [0.5, 0.6) is 0 Å². The molecule has 1 amide bonds. The first-order valence-corrected chi connectivity index (χ1v) is 9.56. The lowest BCUT2D eigenvalue weighted by Gasteiger charge is -2.28. The number of amides is 1. The normalized spacial score (nSPS) is 15.9. The highest BCUT2D eigenvalue weighted by Crippen LogP contribution is 2.12. The number of rotatable bonds is 8. The van der Waals surface area contributed by atoms with Gasteiger partial charge in [-0.1, -0.05) is 60.7 Å². The lowest BCUT2D eigenvalue weighted by atomic mass is 10.0. The Morgan fingerprint density at radius 2 is 1.56 bits per heavy atom. The first-order chi connectivity index (χ1) is 13.2. The number of morpholine rings is 1. The molecule has 2 N–H and O–H groups in total.